The van der Waals surface area contributed by atoms with Gasteiger partial charge in [-0.05, 0) is 85.8 Å². The fourth-order valence-electron chi connectivity index (χ4n) is 6.19. The Hall–Kier alpha value is -3.54. The summed E-state index contributed by atoms with van der Waals surface area (Å²) in [6, 6.07) is 17.8. The van der Waals surface area contributed by atoms with Crippen molar-refractivity contribution in [3.05, 3.63) is 88.5 Å². The molecule has 3 fully saturated rings. The van der Waals surface area contributed by atoms with Crippen molar-refractivity contribution < 1.29 is 9.18 Å². The van der Waals surface area contributed by atoms with Crippen molar-refractivity contribution in [3.63, 3.8) is 0 Å². The second-order valence-corrected chi connectivity index (χ2v) is 11.0. The molecule has 4 aromatic rings. The molecule has 1 aliphatic heterocycles. The topological polar surface area (TPSA) is 50.5 Å². The first-order valence-electron chi connectivity index (χ1n) is 13.2. The summed E-state index contributed by atoms with van der Waals surface area (Å²) in [4.78, 5) is 20.8. The van der Waals surface area contributed by atoms with Crippen LogP contribution >= 0.6 is 0 Å². The number of nitrogens with zero attached hydrogens (tertiary/aromatic N) is 4. The smallest absolute Gasteiger partial charge is 0.273 e. The first kappa shape index (κ1) is 20.6. The van der Waals surface area contributed by atoms with Crippen LogP contribution in [-0.2, 0) is 12.0 Å². The van der Waals surface area contributed by atoms with Crippen LogP contribution in [0, 0.1) is 5.82 Å². The SMILES string of the molecule is O=C(c1cc(C2CC2)n2nc(-c3ccc(C4CC4)cc3F)cc2n1)N1CCc2ccccc2C12CC2. The standard InChI is InChI=1S/C30H27FN4O/c31-24-15-21(18-5-6-18)9-10-22(24)25-17-28-32-26(16-27(20-7-8-20)35(28)33-25)29(36)34-14-11-19-3-1-2-4-23(19)30(34)12-13-30/h1-4,9-10,15-18,20H,5-8,11-14H2. The van der Waals surface area contributed by atoms with Gasteiger partial charge in [0.15, 0.2) is 5.65 Å². The number of halogens is 1. The Balaban J connectivity index is 1.20. The van der Waals surface area contributed by atoms with Gasteiger partial charge in [-0.15, -0.1) is 0 Å². The number of hydrogen-bond acceptors (Lipinski definition) is 3. The molecule has 3 heterocycles. The zero-order valence-corrected chi connectivity index (χ0v) is 20.1. The van der Waals surface area contributed by atoms with Gasteiger partial charge in [0, 0.05) is 29.8 Å². The van der Waals surface area contributed by atoms with Crippen LogP contribution in [0.15, 0.2) is 54.6 Å². The number of benzene rings is 2. The van der Waals surface area contributed by atoms with Gasteiger partial charge in [-0.3, -0.25) is 4.79 Å². The van der Waals surface area contributed by atoms with E-state index in [4.69, 9.17) is 10.1 Å². The van der Waals surface area contributed by atoms with Gasteiger partial charge in [-0.2, -0.15) is 5.10 Å². The lowest BCUT2D eigenvalue weighted by molar-refractivity contribution is 0.0620. The van der Waals surface area contributed by atoms with E-state index in [1.54, 1.807) is 6.07 Å². The van der Waals surface area contributed by atoms with E-state index in [0.717, 1.165) is 56.2 Å². The normalized spacial score (nSPS) is 20.1. The highest BCUT2D eigenvalue weighted by molar-refractivity contribution is 5.94. The van der Waals surface area contributed by atoms with Gasteiger partial charge in [-0.1, -0.05) is 30.3 Å². The van der Waals surface area contributed by atoms with Crippen LogP contribution in [0.4, 0.5) is 4.39 Å². The van der Waals surface area contributed by atoms with Crippen molar-refractivity contribution in [3.8, 4) is 11.3 Å². The van der Waals surface area contributed by atoms with Crippen LogP contribution in [0.3, 0.4) is 0 Å². The molecule has 8 rings (SSSR count). The maximum atomic E-state index is 15.1. The molecule has 0 bridgehead atoms. The molecule has 1 amide bonds. The molecular formula is C30H27FN4O. The third-order valence-corrected chi connectivity index (χ3v) is 8.60. The van der Waals surface area contributed by atoms with Gasteiger partial charge in [0.2, 0.25) is 0 Å². The van der Waals surface area contributed by atoms with Crippen LogP contribution in [0.5, 0.6) is 0 Å². The van der Waals surface area contributed by atoms with Crippen molar-refractivity contribution >= 4 is 11.6 Å². The molecule has 1 spiro atoms. The Morgan fingerprint density at radius 2 is 1.78 bits per heavy atom. The van der Waals surface area contributed by atoms with Gasteiger partial charge >= 0.3 is 0 Å². The Kier molecular flexibility index (Phi) is 4.15. The summed E-state index contributed by atoms with van der Waals surface area (Å²) in [5, 5.41) is 4.77. The quantitative estimate of drug-likeness (QED) is 0.363. The molecule has 2 aromatic heterocycles. The molecule has 5 nitrogen and oxygen atoms in total. The number of carbonyl (C=O) groups is 1. The van der Waals surface area contributed by atoms with E-state index in [1.165, 1.54) is 11.1 Å². The predicted molar refractivity (Wildman–Crippen MR) is 134 cm³/mol. The molecule has 0 unspecified atom stereocenters. The molecule has 0 N–H and O–H groups in total. The Morgan fingerprint density at radius 1 is 0.972 bits per heavy atom. The first-order valence-corrected chi connectivity index (χ1v) is 13.2. The lowest BCUT2D eigenvalue weighted by atomic mass is 9.90. The van der Waals surface area contributed by atoms with Crippen LogP contribution < -0.4 is 0 Å². The number of rotatable bonds is 4. The van der Waals surface area contributed by atoms with E-state index in [9.17, 15) is 4.79 Å². The summed E-state index contributed by atoms with van der Waals surface area (Å²) in [5.74, 6) is 0.626. The highest BCUT2D eigenvalue weighted by atomic mass is 19.1. The average Bonchev–Trinajstić information content (AvgIpc) is 3.76. The van der Waals surface area contributed by atoms with Crippen molar-refractivity contribution in [1.29, 1.82) is 0 Å². The number of hydrogen-bond donors (Lipinski definition) is 0. The minimum absolute atomic E-state index is 0.00544. The van der Waals surface area contributed by atoms with Gasteiger partial charge in [-0.25, -0.2) is 13.9 Å². The monoisotopic (exact) mass is 478 g/mol. The Bertz CT molecular complexity index is 1560. The zero-order chi connectivity index (χ0) is 24.0. The van der Waals surface area contributed by atoms with Gasteiger partial charge in [0.25, 0.3) is 5.91 Å². The predicted octanol–water partition coefficient (Wildman–Crippen LogP) is 5.98. The van der Waals surface area contributed by atoms with E-state index >= 15 is 4.39 Å². The van der Waals surface area contributed by atoms with Crippen molar-refractivity contribution in [2.24, 2.45) is 0 Å². The Labute approximate surface area is 209 Å². The average molecular weight is 479 g/mol. The summed E-state index contributed by atoms with van der Waals surface area (Å²) in [6.07, 6.45) is 7.31. The molecular weight excluding hydrogens is 451 g/mol. The lowest BCUT2D eigenvalue weighted by Gasteiger charge is -2.38. The molecule has 2 aromatic carbocycles. The molecule has 6 heteroatoms. The first-order chi connectivity index (χ1) is 17.6. The van der Waals surface area contributed by atoms with Crippen LogP contribution in [-0.4, -0.2) is 31.9 Å². The van der Waals surface area contributed by atoms with E-state index in [0.29, 0.717) is 41.0 Å². The summed E-state index contributed by atoms with van der Waals surface area (Å²) in [6.45, 7) is 0.713. The summed E-state index contributed by atoms with van der Waals surface area (Å²) < 4.78 is 16.9. The van der Waals surface area contributed by atoms with E-state index in [2.05, 4.69) is 29.2 Å². The summed E-state index contributed by atoms with van der Waals surface area (Å²) in [5.41, 5.74) is 6.70. The molecule has 0 radical (unpaired) electrons. The summed E-state index contributed by atoms with van der Waals surface area (Å²) in [7, 11) is 0. The van der Waals surface area contributed by atoms with Gasteiger partial charge < -0.3 is 4.90 Å². The molecule has 36 heavy (non-hydrogen) atoms. The second-order valence-electron chi connectivity index (χ2n) is 11.0. The minimum Gasteiger partial charge on any atom is -0.327 e. The maximum absolute atomic E-state index is 15.1. The fraction of sp³-hybridized carbons (Fsp3) is 0.367. The van der Waals surface area contributed by atoms with Crippen molar-refractivity contribution in [1.82, 2.24) is 19.5 Å². The van der Waals surface area contributed by atoms with E-state index in [1.807, 2.05) is 28.8 Å². The highest BCUT2D eigenvalue weighted by Gasteiger charge is 2.54. The molecule has 0 atom stereocenters. The number of amides is 1. The fourth-order valence-corrected chi connectivity index (χ4v) is 6.19. The highest BCUT2D eigenvalue weighted by Crippen LogP contribution is 2.54. The largest absolute Gasteiger partial charge is 0.327 e. The number of aromatic nitrogens is 3. The number of fused-ring (bicyclic) bond motifs is 3. The molecule has 3 saturated carbocycles. The van der Waals surface area contributed by atoms with E-state index < -0.39 is 0 Å². The van der Waals surface area contributed by atoms with Crippen LogP contribution in [0.2, 0.25) is 0 Å². The molecule has 180 valence electrons. The Morgan fingerprint density at radius 3 is 2.53 bits per heavy atom. The third kappa shape index (κ3) is 3.09. The third-order valence-electron chi connectivity index (χ3n) is 8.60. The van der Waals surface area contributed by atoms with Crippen molar-refractivity contribution in [2.75, 3.05) is 6.54 Å². The van der Waals surface area contributed by atoms with Crippen molar-refractivity contribution in [2.45, 2.75) is 62.3 Å². The molecule has 4 aliphatic rings. The molecule has 0 saturated heterocycles. The molecule has 3 aliphatic carbocycles. The minimum atomic E-state index is -0.241. The maximum Gasteiger partial charge on any atom is 0.273 e. The van der Waals surface area contributed by atoms with Gasteiger partial charge in [0.05, 0.1) is 11.2 Å². The van der Waals surface area contributed by atoms with Crippen LogP contribution in [0.25, 0.3) is 16.9 Å². The summed E-state index contributed by atoms with van der Waals surface area (Å²) >= 11 is 0. The number of carbonyl (C=O) groups excluding carboxylic acids is 1. The van der Waals surface area contributed by atoms with E-state index in [-0.39, 0.29) is 17.3 Å². The second kappa shape index (κ2) is 7.25. The van der Waals surface area contributed by atoms with Crippen LogP contribution in [0.1, 0.15) is 83.2 Å². The van der Waals surface area contributed by atoms with Gasteiger partial charge in [0.1, 0.15) is 11.5 Å². The zero-order valence-electron chi connectivity index (χ0n) is 20.1. The lowest BCUT2D eigenvalue weighted by Crippen LogP contribution is -2.45.